The van der Waals surface area contributed by atoms with Gasteiger partial charge in [0, 0.05) is 35.4 Å². The van der Waals surface area contributed by atoms with Gasteiger partial charge in [-0.15, -0.1) is 11.3 Å². The highest BCUT2D eigenvalue weighted by atomic mass is 32.1. The van der Waals surface area contributed by atoms with Gasteiger partial charge in [-0.3, -0.25) is 9.59 Å². The highest BCUT2D eigenvalue weighted by molar-refractivity contribution is 7.10. The van der Waals surface area contributed by atoms with Crippen LogP contribution in [0.2, 0.25) is 0 Å². The van der Waals surface area contributed by atoms with Crippen molar-refractivity contribution in [2.45, 2.75) is 38.5 Å². The van der Waals surface area contributed by atoms with Gasteiger partial charge in [-0.25, -0.2) is 9.29 Å². The Morgan fingerprint density at radius 3 is 2.73 bits per heavy atom. The number of benzene rings is 1. The number of carbonyl (C=O) groups excluding carboxylic acids is 2. The summed E-state index contributed by atoms with van der Waals surface area (Å²) in [5.41, 5.74) is 1.27. The molecule has 0 spiro atoms. The number of ketones is 1. The van der Waals surface area contributed by atoms with Crippen LogP contribution < -0.4 is 0 Å². The summed E-state index contributed by atoms with van der Waals surface area (Å²) in [5.74, 6) is -0.818. The molecule has 26 heavy (non-hydrogen) atoms. The standard InChI is InChI=1S/C20H20FNO3S/c1-12(23)25-20-15-9-11-26-17(15)8-10-22(20)18(19(24)13-6-7-13)14-4-2-3-5-16(14)21/h2-5,9,11,13,18,20H,6-8,10H2,1H3. The van der Waals surface area contributed by atoms with E-state index in [0.717, 1.165) is 29.7 Å². The zero-order valence-electron chi connectivity index (χ0n) is 14.5. The fourth-order valence-corrected chi connectivity index (χ4v) is 4.53. The predicted octanol–water partition coefficient (Wildman–Crippen LogP) is 4.03. The lowest BCUT2D eigenvalue weighted by molar-refractivity contribution is -0.164. The minimum atomic E-state index is -0.735. The van der Waals surface area contributed by atoms with Crippen molar-refractivity contribution in [3.8, 4) is 0 Å². The van der Waals surface area contributed by atoms with Gasteiger partial charge >= 0.3 is 5.97 Å². The Balaban J connectivity index is 1.77. The molecule has 4 rings (SSSR count). The van der Waals surface area contributed by atoms with Crippen molar-refractivity contribution in [3.05, 3.63) is 57.5 Å². The van der Waals surface area contributed by atoms with Crippen molar-refractivity contribution in [3.63, 3.8) is 0 Å². The number of carbonyl (C=O) groups is 2. The van der Waals surface area contributed by atoms with Crippen LogP contribution in [0.15, 0.2) is 35.7 Å². The van der Waals surface area contributed by atoms with Crippen molar-refractivity contribution in [1.82, 2.24) is 4.90 Å². The molecule has 136 valence electrons. The second-order valence-corrected chi connectivity index (χ2v) is 7.85. The number of nitrogens with zero attached hydrogens (tertiary/aromatic N) is 1. The number of fused-ring (bicyclic) bond motifs is 1. The third kappa shape index (κ3) is 3.19. The number of hydrogen-bond donors (Lipinski definition) is 0. The molecule has 1 aromatic carbocycles. The van der Waals surface area contributed by atoms with Gasteiger partial charge in [0.15, 0.2) is 12.0 Å². The van der Waals surface area contributed by atoms with Crippen LogP contribution in [0.25, 0.3) is 0 Å². The Bertz CT molecular complexity index is 845. The average Bonchev–Trinajstić information content (AvgIpc) is 3.35. The first-order chi connectivity index (χ1) is 12.6. The van der Waals surface area contributed by atoms with E-state index in [1.165, 1.54) is 13.0 Å². The molecule has 1 saturated carbocycles. The van der Waals surface area contributed by atoms with Crippen molar-refractivity contribution in [2.75, 3.05) is 6.54 Å². The van der Waals surface area contributed by atoms with Gasteiger partial charge < -0.3 is 4.74 Å². The molecule has 0 radical (unpaired) electrons. The summed E-state index contributed by atoms with van der Waals surface area (Å²) in [7, 11) is 0. The molecule has 4 nitrogen and oxygen atoms in total. The summed E-state index contributed by atoms with van der Waals surface area (Å²) in [6.45, 7) is 1.91. The predicted molar refractivity (Wildman–Crippen MR) is 96.1 cm³/mol. The fraction of sp³-hybridized carbons (Fsp3) is 0.400. The zero-order chi connectivity index (χ0) is 18.3. The van der Waals surface area contributed by atoms with Crippen LogP contribution in [-0.2, 0) is 20.7 Å². The Labute approximate surface area is 155 Å². The van der Waals surface area contributed by atoms with E-state index < -0.39 is 24.1 Å². The molecule has 1 fully saturated rings. The summed E-state index contributed by atoms with van der Waals surface area (Å²) >= 11 is 1.62. The van der Waals surface area contributed by atoms with Gasteiger partial charge in [0.2, 0.25) is 0 Å². The van der Waals surface area contributed by atoms with E-state index in [0.29, 0.717) is 12.1 Å². The topological polar surface area (TPSA) is 46.6 Å². The Morgan fingerprint density at radius 2 is 2.04 bits per heavy atom. The summed E-state index contributed by atoms with van der Waals surface area (Å²) in [5, 5.41) is 1.96. The Hall–Kier alpha value is -2.05. The quantitative estimate of drug-likeness (QED) is 0.743. The van der Waals surface area contributed by atoms with Gasteiger partial charge in [0.1, 0.15) is 11.9 Å². The van der Waals surface area contributed by atoms with Crippen molar-refractivity contribution >= 4 is 23.1 Å². The van der Waals surface area contributed by atoms with Crippen molar-refractivity contribution < 1.29 is 18.7 Å². The maximum absolute atomic E-state index is 14.6. The van der Waals surface area contributed by atoms with Gasteiger partial charge in [-0.1, -0.05) is 18.2 Å². The second kappa shape index (κ2) is 6.93. The maximum atomic E-state index is 14.6. The molecular weight excluding hydrogens is 353 g/mol. The monoisotopic (exact) mass is 373 g/mol. The SMILES string of the molecule is CC(=O)OC1c2ccsc2CCN1C(C(=O)C1CC1)c1ccccc1F. The van der Waals surface area contributed by atoms with E-state index in [4.69, 9.17) is 4.74 Å². The molecular formula is C20H20FNO3S. The first-order valence-corrected chi connectivity index (χ1v) is 9.71. The van der Waals surface area contributed by atoms with Crippen LogP contribution >= 0.6 is 11.3 Å². The minimum absolute atomic E-state index is 0.0194. The molecule has 6 heteroatoms. The van der Waals surface area contributed by atoms with Gasteiger partial charge in [0.05, 0.1) is 0 Å². The van der Waals surface area contributed by atoms with E-state index in [9.17, 15) is 14.0 Å². The second-order valence-electron chi connectivity index (χ2n) is 6.85. The molecule has 1 aliphatic carbocycles. The summed E-state index contributed by atoms with van der Waals surface area (Å²) in [4.78, 5) is 27.8. The molecule has 1 aliphatic heterocycles. The number of rotatable bonds is 5. The van der Waals surface area contributed by atoms with E-state index in [2.05, 4.69) is 0 Å². The molecule has 2 heterocycles. The van der Waals surface area contributed by atoms with Crippen LogP contribution in [-0.4, -0.2) is 23.2 Å². The highest BCUT2D eigenvalue weighted by Gasteiger charge is 2.44. The molecule has 2 atom stereocenters. The van der Waals surface area contributed by atoms with E-state index in [-0.39, 0.29) is 11.7 Å². The van der Waals surface area contributed by atoms with Gasteiger partial charge in [-0.05, 0) is 36.8 Å². The van der Waals surface area contributed by atoms with Gasteiger partial charge in [0.25, 0.3) is 0 Å². The van der Waals surface area contributed by atoms with E-state index in [1.54, 1.807) is 29.5 Å². The molecule has 0 saturated heterocycles. The number of thiophene rings is 1. The number of esters is 1. The number of hydrogen-bond acceptors (Lipinski definition) is 5. The van der Waals surface area contributed by atoms with Crippen LogP contribution in [0, 0.1) is 11.7 Å². The maximum Gasteiger partial charge on any atom is 0.304 e. The number of halogens is 1. The normalized spacial score (nSPS) is 21.1. The molecule has 2 aromatic rings. The van der Waals surface area contributed by atoms with Crippen molar-refractivity contribution in [1.29, 1.82) is 0 Å². The highest BCUT2D eigenvalue weighted by Crippen LogP contribution is 2.44. The third-order valence-electron chi connectivity index (χ3n) is 5.00. The largest absolute Gasteiger partial charge is 0.442 e. The molecule has 0 N–H and O–H groups in total. The molecule has 0 amide bonds. The molecule has 1 aromatic heterocycles. The molecule has 2 aliphatic rings. The van der Waals surface area contributed by atoms with Crippen LogP contribution in [0.4, 0.5) is 4.39 Å². The van der Waals surface area contributed by atoms with Crippen molar-refractivity contribution in [2.24, 2.45) is 5.92 Å². The third-order valence-corrected chi connectivity index (χ3v) is 6.00. The Kier molecular flexibility index (Phi) is 4.63. The smallest absolute Gasteiger partial charge is 0.304 e. The minimum Gasteiger partial charge on any atom is -0.442 e. The zero-order valence-corrected chi connectivity index (χ0v) is 15.3. The fourth-order valence-electron chi connectivity index (χ4n) is 3.64. The lowest BCUT2D eigenvalue weighted by Crippen LogP contribution is -2.43. The van der Waals surface area contributed by atoms with E-state index in [1.807, 2.05) is 16.3 Å². The lowest BCUT2D eigenvalue weighted by atomic mass is 9.94. The molecule has 2 unspecified atom stereocenters. The number of ether oxygens (including phenoxy) is 1. The van der Waals surface area contributed by atoms with Crippen LogP contribution in [0.5, 0.6) is 0 Å². The number of Topliss-reactive ketones (excluding diaryl/α,β-unsaturated/α-hetero) is 1. The Morgan fingerprint density at radius 1 is 1.27 bits per heavy atom. The summed E-state index contributed by atoms with van der Waals surface area (Å²) in [6, 6.07) is 7.60. The first-order valence-electron chi connectivity index (χ1n) is 8.83. The van der Waals surface area contributed by atoms with Crippen LogP contribution in [0.3, 0.4) is 0 Å². The summed E-state index contributed by atoms with van der Waals surface area (Å²) < 4.78 is 20.2. The average molecular weight is 373 g/mol. The summed E-state index contributed by atoms with van der Waals surface area (Å²) in [6.07, 6.45) is 1.79. The van der Waals surface area contributed by atoms with Crippen LogP contribution in [0.1, 0.15) is 48.0 Å². The lowest BCUT2D eigenvalue weighted by Gasteiger charge is -2.39. The van der Waals surface area contributed by atoms with E-state index >= 15 is 0 Å². The van der Waals surface area contributed by atoms with Gasteiger partial charge in [-0.2, -0.15) is 0 Å². The first kappa shape index (κ1) is 17.4. The molecule has 0 bridgehead atoms.